The fourth-order valence-electron chi connectivity index (χ4n) is 2.73. The Kier molecular flexibility index (Phi) is 6.16. The number of anilines is 2. The highest BCUT2D eigenvalue weighted by molar-refractivity contribution is 8.00. The summed E-state index contributed by atoms with van der Waals surface area (Å²) >= 11 is 1.43. The Hall–Kier alpha value is -2.06. The molecule has 8 heteroatoms. The molecule has 1 aromatic carbocycles. The monoisotopic (exact) mass is 375 g/mol. The van der Waals surface area contributed by atoms with Crippen molar-refractivity contribution in [2.75, 3.05) is 36.5 Å². The Balaban J connectivity index is 1.66. The molecule has 1 aliphatic rings. The first-order chi connectivity index (χ1) is 12.6. The molecule has 0 aliphatic carbocycles. The topological polar surface area (TPSA) is 72.3 Å². The molecule has 3 rings (SSSR count). The zero-order chi connectivity index (χ0) is 18.5. The normalized spacial score (nSPS) is 15.7. The van der Waals surface area contributed by atoms with Crippen molar-refractivity contribution in [3.05, 3.63) is 29.8 Å². The maximum absolute atomic E-state index is 12.5. The molecule has 0 spiro atoms. The number of ether oxygens (including phenoxy) is 1. The summed E-state index contributed by atoms with van der Waals surface area (Å²) in [5.74, 6) is 0.807. The molecular formula is C18H25N5O2S. The predicted octanol–water partition coefficient (Wildman–Crippen LogP) is 2.56. The summed E-state index contributed by atoms with van der Waals surface area (Å²) in [4.78, 5) is 14.7. The molecule has 26 heavy (non-hydrogen) atoms. The molecule has 0 unspecified atom stereocenters. The maximum atomic E-state index is 12.5. The van der Waals surface area contributed by atoms with Gasteiger partial charge in [-0.3, -0.25) is 9.36 Å². The molecule has 1 aliphatic heterocycles. The van der Waals surface area contributed by atoms with Crippen LogP contribution < -0.4 is 10.2 Å². The number of morpholine rings is 1. The van der Waals surface area contributed by atoms with Gasteiger partial charge in [0.15, 0.2) is 5.16 Å². The number of aromatic nitrogens is 3. The largest absolute Gasteiger partial charge is 0.378 e. The van der Waals surface area contributed by atoms with E-state index in [1.165, 1.54) is 11.8 Å². The highest BCUT2D eigenvalue weighted by atomic mass is 32.2. The van der Waals surface area contributed by atoms with Gasteiger partial charge in [0.25, 0.3) is 0 Å². The van der Waals surface area contributed by atoms with E-state index in [1.807, 2.05) is 38.1 Å². The van der Waals surface area contributed by atoms with Gasteiger partial charge in [0.1, 0.15) is 0 Å². The fourth-order valence-corrected chi connectivity index (χ4v) is 3.64. The zero-order valence-corrected chi connectivity index (χ0v) is 16.3. The molecule has 1 saturated heterocycles. The summed E-state index contributed by atoms with van der Waals surface area (Å²) in [5.41, 5.74) is 1.97. The predicted molar refractivity (Wildman–Crippen MR) is 104 cm³/mol. The number of carbonyl (C=O) groups excluding carboxylic acids is 1. The van der Waals surface area contributed by atoms with Crippen molar-refractivity contribution in [1.82, 2.24) is 14.8 Å². The molecular weight excluding hydrogens is 350 g/mol. The average Bonchev–Trinajstić information content (AvgIpc) is 3.06. The van der Waals surface area contributed by atoms with Gasteiger partial charge in [0, 0.05) is 25.3 Å². The highest BCUT2D eigenvalue weighted by Gasteiger charge is 2.23. The molecule has 2 aromatic rings. The zero-order valence-electron chi connectivity index (χ0n) is 15.4. The van der Waals surface area contributed by atoms with Crippen LogP contribution in [0.2, 0.25) is 0 Å². The van der Waals surface area contributed by atoms with E-state index in [0.29, 0.717) is 13.2 Å². The van der Waals surface area contributed by atoms with Gasteiger partial charge in [0.05, 0.1) is 18.5 Å². The van der Waals surface area contributed by atoms with Crippen LogP contribution in [0.1, 0.15) is 19.4 Å². The lowest BCUT2D eigenvalue weighted by molar-refractivity contribution is -0.115. The quantitative estimate of drug-likeness (QED) is 0.783. The number of thioether (sulfide) groups is 1. The minimum Gasteiger partial charge on any atom is -0.378 e. The van der Waals surface area contributed by atoms with Crippen LogP contribution in [0.4, 0.5) is 11.6 Å². The molecule has 1 atom stereocenters. The summed E-state index contributed by atoms with van der Waals surface area (Å²) in [6.45, 7) is 9.76. The van der Waals surface area contributed by atoms with Crippen LogP contribution in [-0.2, 0) is 16.1 Å². The first-order valence-corrected chi connectivity index (χ1v) is 9.76. The van der Waals surface area contributed by atoms with E-state index < -0.39 is 0 Å². The van der Waals surface area contributed by atoms with Gasteiger partial charge in [-0.15, -0.1) is 10.2 Å². The van der Waals surface area contributed by atoms with Crippen LogP contribution in [0.3, 0.4) is 0 Å². The fraction of sp³-hybridized carbons (Fsp3) is 0.500. The van der Waals surface area contributed by atoms with Crippen molar-refractivity contribution in [3.8, 4) is 0 Å². The van der Waals surface area contributed by atoms with Crippen molar-refractivity contribution in [1.29, 1.82) is 0 Å². The molecule has 1 amide bonds. The van der Waals surface area contributed by atoms with Crippen LogP contribution in [-0.4, -0.2) is 52.2 Å². The highest BCUT2D eigenvalue weighted by Crippen LogP contribution is 2.26. The van der Waals surface area contributed by atoms with Crippen molar-refractivity contribution >= 4 is 29.3 Å². The van der Waals surface area contributed by atoms with E-state index in [4.69, 9.17) is 4.74 Å². The number of rotatable bonds is 6. The number of carbonyl (C=O) groups is 1. The van der Waals surface area contributed by atoms with E-state index in [2.05, 4.69) is 31.9 Å². The summed E-state index contributed by atoms with van der Waals surface area (Å²) in [7, 11) is 0. The van der Waals surface area contributed by atoms with Crippen LogP contribution in [0.15, 0.2) is 29.4 Å². The van der Waals surface area contributed by atoms with E-state index in [1.54, 1.807) is 0 Å². The lowest BCUT2D eigenvalue weighted by Gasteiger charge is -2.27. The molecule has 1 N–H and O–H groups in total. The first kappa shape index (κ1) is 18.7. The van der Waals surface area contributed by atoms with Crippen LogP contribution in [0, 0.1) is 6.92 Å². The lowest BCUT2D eigenvalue weighted by atomic mass is 10.2. The third kappa shape index (κ3) is 4.37. The Bertz CT molecular complexity index is 741. The van der Waals surface area contributed by atoms with Gasteiger partial charge in [-0.25, -0.2) is 0 Å². The van der Waals surface area contributed by atoms with Crippen molar-refractivity contribution in [2.45, 2.75) is 37.7 Å². The first-order valence-electron chi connectivity index (χ1n) is 8.88. The molecule has 2 heterocycles. The third-order valence-electron chi connectivity index (χ3n) is 4.28. The van der Waals surface area contributed by atoms with Crippen LogP contribution in [0.25, 0.3) is 0 Å². The SMILES string of the molecule is CCn1c(S[C@H](C)C(=O)Nc2ccc(C)cc2)nnc1N1CCOCC1. The summed E-state index contributed by atoms with van der Waals surface area (Å²) in [6, 6.07) is 7.79. The van der Waals surface area contributed by atoms with Gasteiger partial charge in [0.2, 0.25) is 11.9 Å². The number of amides is 1. The van der Waals surface area contributed by atoms with E-state index in [9.17, 15) is 4.79 Å². The van der Waals surface area contributed by atoms with Crippen molar-refractivity contribution in [2.24, 2.45) is 0 Å². The molecule has 140 valence electrons. The van der Waals surface area contributed by atoms with E-state index in [0.717, 1.165) is 42.0 Å². The van der Waals surface area contributed by atoms with Crippen molar-refractivity contribution < 1.29 is 9.53 Å². The lowest BCUT2D eigenvalue weighted by Crippen LogP contribution is -2.38. The maximum Gasteiger partial charge on any atom is 0.237 e. The molecule has 0 bridgehead atoms. The van der Waals surface area contributed by atoms with Gasteiger partial charge in [-0.1, -0.05) is 29.5 Å². The number of hydrogen-bond acceptors (Lipinski definition) is 6. The average molecular weight is 375 g/mol. The standard InChI is InChI=1S/C18H25N5O2S/c1-4-23-17(22-9-11-25-12-10-22)20-21-18(23)26-14(3)16(24)19-15-7-5-13(2)6-8-15/h5-8,14H,4,9-12H2,1-3H3,(H,19,24)/t14-/m1/s1. The summed E-state index contributed by atoms with van der Waals surface area (Å²) < 4.78 is 7.47. The van der Waals surface area contributed by atoms with Gasteiger partial charge < -0.3 is 15.0 Å². The summed E-state index contributed by atoms with van der Waals surface area (Å²) in [6.07, 6.45) is 0. The Morgan fingerprint density at radius 2 is 1.96 bits per heavy atom. The third-order valence-corrected chi connectivity index (χ3v) is 5.36. The van der Waals surface area contributed by atoms with Gasteiger partial charge in [-0.2, -0.15) is 0 Å². The molecule has 1 fully saturated rings. The Labute approximate surface area is 158 Å². The second-order valence-corrected chi connectivity index (χ2v) is 7.55. The Morgan fingerprint density at radius 1 is 1.27 bits per heavy atom. The van der Waals surface area contributed by atoms with E-state index >= 15 is 0 Å². The molecule has 0 saturated carbocycles. The minimum atomic E-state index is -0.275. The van der Waals surface area contributed by atoms with Crippen LogP contribution in [0.5, 0.6) is 0 Å². The Morgan fingerprint density at radius 3 is 2.62 bits per heavy atom. The number of hydrogen-bond donors (Lipinski definition) is 1. The number of benzene rings is 1. The smallest absolute Gasteiger partial charge is 0.237 e. The second kappa shape index (κ2) is 8.55. The van der Waals surface area contributed by atoms with Gasteiger partial charge in [-0.05, 0) is 32.9 Å². The molecule has 1 aromatic heterocycles. The minimum absolute atomic E-state index is 0.0440. The second-order valence-electron chi connectivity index (χ2n) is 6.24. The number of aryl methyl sites for hydroxylation is 1. The van der Waals surface area contributed by atoms with E-state index in [-0.39, 0.29) is 11.2 Å². The number of nitrogens with zero attached hydrogens (tertiary/aromatic N) is 4. The van der Waals surface area contributed by atoms with Gasteiger partial charge >= 0.3 is 0 Å². The van der Waals surface area contributed by atoms with Crippen LogP contribution >= 0.6 is 11.8 Å². The van der Waals surface area contributed by atoms with Crippen molar-refractivity contribution in [3.63, 3.8) is 0 Å². The summed E-state index contributed by atoms with van der Waals surface area (Å²) in [5, 5.41) is 12.1. The molecule has 0 radical (unpaired) electrons. The number of nitrogens with one attached hydrogen (secondary N) is 1. The molecule has 7 nitrogen and oxygen atoms in total.